The van der Waals surface area contributed by atoms with E-state index in [4.69, 9.17) is 0 Å². The van der Waals surface area contributed by atoms with Gasteiger partial charge >= 0.3 is 0 Å². The predicted octanol–water partition coefficient (Wildman–Crippen LogP) is 1.82. The van der Waals surface area contributed by atoms with Gasteiger partial charge in [0.25, 0.3) is 0 Å². The standard InChI is InChI=1S/C16H32N6.HI/c1-17-15(21-13-7-8-13)19-11-5-3-4-6-12-20-16(18-2)22-14-9-10-14;/h13-14H,3-12H2,1-2H3,(H2,17,19,21)(H2,18,20,22);1H. The average molecular weight is 436 g/mol. The third kappa shape index (κ3) is 9.88. The molecule has 0 bridgehead atoms. The molecule has 0 saturated heterocycles. The molecular formula is C16H33IN6. The zero-order valence-electron chi connectivity index (χ0n) is 14.5. The van der Waals surface area contributed by atoms with Gasteiger partial charge < -0.3 is 21.3 Å². The molecule has 0 spiro atoms. The third-order valence-electron chi connectivity index (χ3n) is 3.97. The van der Waals surface area contributed by atoms with Crippen LogP contribution in [0.25, 0.3) is 0 Å². The Labute approximate surface area is 157 Å². The third-order valence-corrected chi connectivity index (χ3v) is 3.97. The van der Waals surface area contributed by atoms with Crippen molar-refractivity contribution in [3.63, 3.8) is 0 Å². The van der Waals surface area contributed by atoms with Crippen molar-refractivity contribution < 1.29 is 0 Å². The highest BCUT2D eigenvalue weighted by Crippen LogP contribution is 2.18. The molecule has 0 amide bonds. The summed E-state index contributed by atoms with van der Waals surface area (Å²) in [6, 6.07) is 1.33. The van der Waals surface area contributed by atoms with Crippen LogP contribution in [0.3, 0.4) is 0 Å². The summed E-state index contributed by atoms with van der Waals surface area (Å²) >= 11 is 0. The summed E-state index contributed by atoms with van der Waals surface area (Å²) in [6.45, 7) is 2.01. The molecule has 4 N–H and O–H groups in total. The van der Waals surface area contributed by atoms with Gasteiger partial charge in [-0.25, -0.2) is 0 Å². The van der Waals surface area contributed by atoms with Crippen LogP contribution in [0.1, 0.15) is 51.4 Å². The maximum Gasteiger partial charge on any atom is 0.191 e. The quantitative estimate of drug-likeness (QED) is 0.193. The first-order valence-electron chi connectivity index (χ1n) is 8.76. The first kappa shape index (κ1) is 20.3. The Bertz CT molecular complexity index is 341. The fraction of sp³-hybridized carbons (Fsp3) is 0.875. The molecule has 2 rings (SSSR count). The van der Waals surface area contributed by atoms with E-state index < -0.39 is 0 Å². The highest BCUT2D eigenvalue weighted by molar-refractivity contribution is 14.0. The second kappa shape index (κ2) is 11.8. The second-order valence-corrected chi connectivity index (χ2v) is 6.25. The van der Waals surface area contributed by atoms with Gasteiger partial charge in [-0.3, -0.25) is 9.98 Å². The Hall–Kier alpha value is -0.730. The lowest BCUT2D eigenvalue weighted by Crippen LogP contribution is -2.39. The van der Waals surface area contributed by atoms with Gasteiger partial charge in [-0.1, -0.05) is 12.8 Å². The molecule has 7 heteroatoms. The van der Waals surface area contributed by atoms with Gasteiger partial charge in [0.15, 0.2) is 11.9 Å². The van der Waals surface area contributed by atoms with Gasteiger partial charge in [-0.2, -0.15) is 0 Å². The summed E-state index contributed by atoms with van der Waals surface area (Å²) < 4.78 is 0. The predicted molar refractivity (Wildman–Crippen MR) is 109 cm³/mol. The number of hydrogen-bond acceptors (Lipinski definition) is 2. The molecule has 0 aromatic heterocycles. The molecule has 0 aromatic rings. The number of nitrogens with one attached hydrogen (secondary N) is 4. The van der Waals surface area contributed by atoms with Gasteiger partial charge in [0.05, 0.1) is 0 Å². The number of unbranched alkanes of at least 4 members (excludes halogenated alkanes) is 3. The fourth-order valence-corrected chi connectivity index (χ4v) is 2.25. The number of nitrogens with zero attached hydrogens (tertiary/aromatic N) is 2. The molecule has 0 aliphatic heterocycles. The van der Waals surface area contributed by atoms with E-state index in [1.54, 1.807) is 0 Å². The van der Waals surface area contributed by atoms with Crippen molar-refractivity contribution in [2.24, 2.45) is 9.98 Å². The van der Waals surface area contributed by atoms with Crippen LogP contribution in [-0.4, -0.2) is 51.2 Å². The van der Waals surface area contributed by atoms with E-state index in [1.807, 2.05) is 14.1 Å². The monoisotopic (exact) mass is 436 g/mol. The van der Waals surface area contributed by atoms with Crippen LogP contribution in [0.15, 0.2) is 9.98 Å². The van der Waals surface area contributed by atoms with Crippen LogP contribution in [0.4, 0.5) is 0 Å². The molecule has 0 heterocycles. The first-order valence-corrected chi connectivity index (χ1v) is 8.76. The Kier molecular flexibility index (Phi) is 10.4. The van der Waals surface area contributed by atoms with Crippen LogP contribution in [0.2, 0.25) is 0 Å². The number of rotatable bonds is 9. The normalized spacial score (nSPS) is 18.2. The smallest absolute Gasteiger partial charge is 0.191 e. The lowest BCUT2D eigenvalue weighted by Gasteiger charge is -2.12. The lowest BCUT2D eigenvalue weighted by molar-refractivity contribution is 0.615. The largest absolute Gasteiger partial charge is 0.356 e. The van der Waals surface area contributed by atoms with Crippen molar-refractivity contribution in [1.29, 1.82) is 0 Å². The van der Waals surface area contributed by atoms with Crippen molar-refractivity contribution in [2.45, 2.75) is 63.5 Å². The molecule has 2 aliphatic rings. The Morgan fingerprint density at radius 2 is 1.13 bits per heavy atom. The SMILES string of the molecule is CN=C(NCCCCCCNC(=NC)NC1CC1)NC1CC1.I. The van der Waals surface area contributed by atoms with E-state index in [2.05, 4.69) is 31.3 Å². The maximum absolute atomic E-state index is 4.24. The molecule has 23 heavy (non-hydrogen) atoms. The number of aliphatic imine (C=N–C) groups is 2. The van der Waals surface area contributed by atoms with Gasteiger partial charge in [-0.15, -0.1) is 24.0 Å². The van der Waals surface area contributed by atoms with Gasteiger partial charge in [-0.05, 0) is 38.5 Å². The number of halogens is 1. The summed E-state index contributed by atoms with van der Waals surface area (Å²) in [5.41, 5.74) is 0. The van der Waals surface area contributed by atoms with E-state index in [0.717, 1.165) is 25.0 Å². The van der Waals surface area contributed by atoms with Crippen molar-refractivity contribution in [3.8, 4) is 0 Å². The molecule has 0 aromatic carbocycles. The second-order valence-electron chi connectivity index (χ2n) is 6.25. The Morgan fingerprint density at radius 1 is 0.739 bits per heavy atom. The minimum absolute atomic E-state index is 0. The van der Waals surface area contributed by atoms with Crippen LogP contribution in [0.5, 0.6) is 0 Å². The molecule has 2 fully saturated rings. The van der Waals surface area contributed by atoms with E-state index in [9.17, 15) is 0 Å². The van der Waals surface area contributed by atoms with Gasteiger partial charge in [0.1, 0.15) is 0 Å². The molecule has 0 unspecified atom stereocenters. The zero-order chi connectivity index (χ0) is 15.6. The molecule has 0 atom stereocenters. The summed E-state index contributed by atoms with van der Waals surface area (Å²) in [4.78, 5) is 8.47. The van der Waals surface area contributed by atoms with Gasteiger partial charge in [0, 0.05) is 39.3 Å². The molecule has 6 nitrogen and oxygen atoms in total. The van der Waals surface area contributed by atoms with Crippen LogP contribution >= 0.6 is 24.0 Å². The number of guanidine groups is 2. The highest BCUT2D eigenvalue weighted by atomic mass is 127. The van der Waals surface area contributed by atoms with E-state index >= 15 is 0 Å². The minimum Gasteiger partial charge on any atom is -0.356 e. The first-order chi connectivity index (χ1) is 10.8. The molecule has 2 aliphatic carbocycles. The molecular weight excluding hydrogens is 403 g/mol. The highest BCUT2D eigenvalue weighted by Gasteiger charge is 2.22. The van der Waals surface area contributed by atoms with Crippen LogP contribution in [0, 0.1) is 0 Å². The van der Waals surface area contributed by atoms with Gasteiger partial charge in [0.2, 0.25) is 0 Å². The average Bonchev–Trinajstić information content (AvgIpc) is 3.43. The minimum atomic E-state index is 0. The summed E-state index contributed by atoms with van der Waals surface area (Å²) in [7, 11) is 3.68. The molecule has 134 valence electrons. The Morgan fingerprint density at radius 3 is 1.43 bits per heavy atom. The van der Waals surface area contributed by atoms with E-state index in [0.29, 0.717) is 12.1 Å². The lowest BCUT2D eigenvalue weighted by atomic mass is 10.2. The van der Waals surface area contributed by atoms with Crippen molar-refractivity contribution >= 4 is 35.9 Å². The van der Waals surface area contributed by atoms with Crippen molar-refractivity contribution in [1.82, 2.24) is 21.3 Å². The fourth-order valence-electron chi connectivity index (χ4n) is 2.25. The van der Waals surface area contributed by atoms with Crippen molar-refractivity contribution in [2.75, 3.05) is 27.2 Å². The van der Waals surface area contributed by atoms with Crippen LogP contribution in [-0.2, 0) is 0 Å². The number of hydrogen-bond donors (Lipinski definition) is 4. The summed E-state index contributed by atoms with van der Waals surface area (Å²) in [5, 5.41) is 13.6. The maximum atomic E-state index is 4.24. The zero-order valence-corrected chi connectivity index (χ0v) is 16.9. The topological polar surface area (TPSA) is 72.8 Å². The van der Waals surface area contributed by atoms with Crippen LogP contribution < -0.4 is 21.3 Å². The van der Waals surface area contributed by atoms with Crippen molar-refractivity contribution in [3.05, 3.63) is 0 Å². The van der Waals surface area contributed by atoms with E-state index in [-0.39, 0.29) is 24.0 Å². The Balaban J connectivity index is 0.00000264. The summed E-state index contributed by atoms with van der Waals surface area (Å²) in [6.07, 6.45) is 10.0. The van der Waals surface area contributed by atoms with E-state index in [1.165, 1.54) is 51.4 Å². The molecule has 0 radical (unpaired) electrons. The molecule has 2 saturated carbocycles. The summed E-state index contributed by atoms with van der Waals surface area (Å²) in [5.74, 6) is 1.92.